The molecule has 1 aromatic heterocycles. The highest BCUT2D eigenvalue weighted by Gasteiger charge is 2.53. The number of nitrogens with one attached hydrogen (secondary N) is 3. The predicted octanol–water partition coefficient (Wildman–Crippen LogP) is 5.75. The monoisotopic (exact) mass is 810 g/mol. The number of benzene rings is 1. The summed E-state index contributed by atoms with van der Waals surface area (Å²) in [4.78, 5) is 59.2. The number of amides is 4. The molecule has 0 radical (unpaired) electrons. The molecule has 17 heteroatoms. The lowest BCUT2D eigenvalue weighted by Gasteiger charge is -2.42. The third kappa shape index (κ3) is 9.39. The molecule has 3 aliphatic heterocycles. The van der Waals surface area contributed by atoms with Crippen molar-refractivity contribution < 1.29 is 37.1 Å². The third-order valence-electron chi connectivity index (χ3n) is 11.7. The molecule has 57 heavy (non-hydrogen) atoms. The SMILES string of the molecule is C[C@@H]1C[C@H](OCC[C@H]2CC[C@H](N3C(=S)N(c4cnc(C#N)c(C(F)(F)F)c4)C(=O)C3(C)C)CC2)C[C@H](C)N1CC(=O)Nc1cccc(NC2CCC(=O)NC2=O)c1. The number of piperidine rings is 2. The van der Waals surface area contributed by atoms with E-state index in [9.17, 15) is 32.3 Å². The summed E-state index contributed by atoms with van der Waals surface area (Å²) in [6.07, 6.45) is 2.79. The van der Waals surface area contributed by atoms with Crippen LogP contribution < -0.4 is 20.9 Å². The van der Waals surface area contributed by atoms with Gasteiger partial charge in [-0.15, -0.1) is 0 Å². The number of nitriles is 1. The Labute approximate surface area is 335 Å². The molecule has 13 nitrogen and oxygen atoms in total. The van der Waals surface area contributed by atoms with Gasteiger partial charge in [-0.3, -0.25) is 34.3 Å². The maximum absolute atomic E-state index is 13.7. The van der Waals surface area contributed by atoms with Crippen LogP contribution in [0, 0.1) is 17.2 Å². The molecule has 1 aliphatic carbocycles. The maximum atomic E-state index is 13.7. The average Bonchev–Trinajstić information content (AvgIpc) is 3.32. The Hall–Kier alpha value is -4.66. The van der Waals surface area contributed by atoms with Crippen LogP contribution in [0.2, 0.25) is 0 Å². The fourth-order valence-corrected chi connectivity index (χ4v) is 9.29. The molecule has 3 N–H and O–H groups in total. The number of pyridine rings is 1. The fraction of sp³-hybridized carbons (Fsp3) is 0.575. The number of alkyl halides is 3. The molecule has 4 fully saturated rings. The van der Waals surface area contributed by atoms with Crippen molar-refractivity contribution in [2.24, 2.45) is 5.92 Å². The van der Waals surface area contributed by atoms with Crippen molar-refractivity contribution in [3.05, 3.63) is 47.8 Å². The zero-order valence-corrected chi connectivity index (χ0v) is 33.3. The van der Waals surface area contributed by atoms with E-state index in [0.29, 0.717) is 30.3 Å². The third-order valence-corrected chi connectivity index (χ3v) is 12.1. The summed E-state index contributed by atoms with van der Waals surface area (Å²) in [5.74, 6) is -0.805. The Kier molecular flexibility index (Phi) is 12.6. The zero-order valence-electron chi connectivity index (χ0n) is 32.5. The first kappa shape index (κ1) is 42.0. The van der Waals surface area contributed by atoms with Gasteiger partial charge in [0.1, 0.15) is 17.6 Å². The van der Waals surface area contributed by atoms with E-state index in [1.165, 1.54) is 6.07 Å². The first-order chi connectivity index (χ1) is 27.0. The normalized spacial score (nSPS) is 26.9. The number of carbonyl (C=O) groups is 4. The minimum Gasteiger partial charge on any atom is -0.378 e. The standard InChI is InChI=1S/C40H49F3N8O5S/c1-23-16-30(17-24(2)49(23)22-35(53)47-27-7-5-6-26(18-27)46-32-12-13-34(52)48-36(32)54)56-15-14-25-8-10-28(11-9-25)51-38(57)50(37(55)39(51,3)4)29-19-31(40(41,42)43)33(20-44)45-21-29/h5-7,18-19,21,23-25,28,30,32,46H,8-17,22H2,1-4H3,(H,47,53)(H,48,52,54)/t23-,24+,25-,28-,30+,32?. The van der Waals surface area contributed by atoms with E-state index in [4.69, 9.17) is 22.2 Å². The van der Waals surface area contributed by atoms with E-state index in [1.807, 2.05) is 11.0 Å². The number of hydrogen-bond donors (Lipinski definition) is 3. The molecule has 4 heterocycles. The number of ether oxygens (including phenoxy) is 1. The van der Waals surface area contributed by atoms with Crippen LogP contribution in [0.1, 0.15) is 96.7 Å². The predicted molar refractivity (Wildman–Crippen MR) is 210 cm³/mol. The molecule has 306 valence electrons. The van der Waals surface area contributed by atoms with Crippen molar-refractivity contribution in [2.75, 3.05) is 28.7 Å². The lowest BCUT2D eigenvalue weighted by Crippen LogP contribution is -2.51. The summed E-state index contributed by atoms with van der Waals surface area (Å²) in [6.45, 7) is 8.50. The molecule has 0 spiro atoms. The smallest absolute Gasteiger partial charge is 0.378 e. The molecule has 1 aromatic carbocycles. The van der Waals surface area contributed by atoms with Crippen molar-refractivity contribution >= 4 is 58.0 Å². The highest BCUT2D eigenvalue weighted by atomic mass is 32.1. The van der Waals surface area contributed by atoms with Crippen molar-refractivity contribution in [3.8, 4) is 6.07 Å². The molecular formula is C40H49F3N8O5S. The van der Waals surface area contributed by atoms with Gasteiger partial charge < -0.3 is 20.3 Å². The van der Waals surface area contributed by atoms with E-state index >= 15 is 0 Å². The van der Waals surface area contributed by atoms with Crippen LogP contribution in [0.25, 0.3) is 0 Å². The first-order valence-corrected chi connectivity index (χ1v) is 19.9. The lowest BCUT2D eigenvalue weighted by molar-refractivity contribution is -0.138. The van der Waals surface area contributed by atoms with Gasteiger partial charge in [-0.25, -0.2) is 4.98 Å². The van der Waals surface area contributed by atoms with Gasteiger partial charge in [0, 0.05) is 42.5 Å². The second-order valence-electron chi connectivity index (χ2n) is 16.1. The van der Waals surface area contributed by atoms with Gasteiger partial charge in [-0.1, -0.05) is 6.07 Å². The molecule has 4 atom stereocenters. The second-order valence-corrected chi connectivity index (χ2v) is 16.5. The van der Waals surface area contributed by atoms with Crippen LogP contribution >= 0.6 is 12.2 Å². The van der Waals surface area contributed by atoms with Gasteiger partial charge in [0.2, 0.25) is 17.7 Å². The largest absolute Gasteiger partial charge is 0.419 e. The van der Waals surface area contributed by atoms with Crippen LogP contribution in [0.3, 0.4) is 0 Å². The fourth-order valence-electron chi connectivity index (χ4n) is 8.72. The summed E-state index contributed by atoms with van der Waals surface area (Å²) >= 11 is 5.73. The number of imide groups is 1. The van der Waals surface area contributed by atoms with E-state index in [0.717, 1.165) is 62.1 Å². The maximum Gasteiger partial charge on any atom is 0.419 e. The second kappa shape index (κ2) is 17.1. The number of carbonyl (C=O) groups excluding carboxylic acids is 4. The Morgan fingerprint density at radius 1 is 1.07 bits per heavy atom. The molecule has 3 saturated heterocycles. The van der Waals surface area contributed by atoms with Gasteiger partial charge >= 0.3 is 6.18 Å². The van der Waals surface area contributed by atoms with Gasteiger partial charge in [0.05, 0.1) is 30.1 Å². The number of anilines is 3. The molecule has 4 amide bonds. The zero-order chi connectivity index (χ0) is 41.2. The van der Waals surface area contributed by atoms with Crippen LogP contribution in [0.15, 0.2) is 36.5 Å². The Balaban J connectivity index is 0.943. The Bertz CT molecular complexity index is 1920. The number of thiocarbonyl (C=S) groups is 1. The van der Waals surface area contributed by atoms with Crippen LogP contribution in [-0.2, 0) is 30.1 Å². The summed E-state index contributed by atoms with van der Waals surface area (Å²) in [6, 6.07) is 9.06. The van der Waals surface area contributed by atoms with Gasteiger partial charge in [0.15, 0.2) is 10.8 Å². The van der Waals surface area contributed by atoms with E-state index in [-0.39, 0.29) is 65.7 Å². The highest BCUT2D eigenvalue weighted by Crippen LogP contribution is 2.41. The number of hydrogen-bond acceptors (Lipinski definition) is 10. The quantitative estimate of drug-likeness (QED) is 0.188. The highest BCUT2D eigenvalue weighted by molar-refractivity contribution is 7.80. The summed E-state index contributed by atoms with van der Waals surface area (Å²) in [5, 5.41) is 17.7. The summed E-state index contributed by atoms with van der Waals surface area (Å²) < 4.78 is 47.5. The molecule has 1 saturated carbocycles. The minimum atomic E-state index is -4.82. The number of rotatable bonds is 11. The van der Waals surface area contributed by atoms with Gasteiger partial charge in [-0.05, 0) is 121 Å². The average molecular weight is 811 g/mol. The number of aromatic nitrogens is 1. The number of nitrogens with zero attached hydrogens (tertiary/aromatic N) is 5. The van der Waals surface area contributed by atoms with Crippen molar-refractivity contribution in [2.45, 2.75) is 127 Å². The molecule has 4 aliphatic rings. The van der Waals surface area contributed by atoms with Crippen molar-refractivity contribution in [3.63, 3.8) is 0 Å². The summed E-state index contributed by atoms with van der Waals surface area (Å²) in [7, 11) is 0. The van der Waals surface area contributed by atoms with E-state index < -0.39 is 34.9 Å². The topological polar surface area (TPSA) is 160 Å². The summed E-state index contributed by atoms with van der Waals surface area (Å²) in [5.41, 5.74) is -1.88. The number of halogens is 3. The van der Waals surface area contributed by atoms with Gasteiger partial charge in [-0.2, -0.15) is 18.4 Å². The Morgan fingerprint density at radius 3 is 2.40 bits per heavy atom. The molecule has 2 aromatic rings. The first-order valence-electron chi connectivity index (χ1n) is 19.5. The minimum absolute atomic E-state index is 0.0614. The van der Waals surface area contributed by atoms with Crippen LogP contribution in [0.4, 0.5) is 30.2 Å². The van der Waals surface area contributed by atoms with Crippen molar-refractivity contribution in [1.29, 1.82) is 5.26 Å². The van der Waals surface area contributed by atoms with Gasteiger partial charge in [0.25, 0.3) is 5.91 Å². The number of likely N-dealkylation sites (tertiary alicyclic amines) is 1. The molecule has 1 unspecified atom stereocenters. The molecular weight excluding hydrogens is 762 g/mol. The Morgan fingerprint density at radius 2 is 1.75 bits per heavy atom. The molecule has 6 rings (SSSR count). The van der Waals surface area contributed by atoms with Crippen LogP contribution in [-0.4, -0.2) is 92.5 Å². The van der Waals surface area contributed by atoms with E-state index in [1.54, 1.807) is 32.0 Å². The van der Waals surface area contributed by atoms with Crippen molar-refractivity contribution in [1.82, 2.24) is 20.1 Å². The van der Waals surface area contributed by atoms with E-state index in [2.05, 4.69) is 39.7 Å². The lowest BCUT2D eigenvalue weighted by atomic mass is 9.82. The molecule has 0 bridgehead atoms. The van der Waals surface area contributed by atoms with Crippen LogP contribution in [0.5, 0.6) is 0 Å².